The van der Waals surface area contributed by atoms with Crippen molar-refractivity contribution in [3.05, 3.63) is 35.9 Å². The molecule has 1 amide bonds. The standard InChI is InChI=1S/C19H25F3N2O.ClH/c20-19(21,22)17-9-5-4-8-15(17)18(25)24-11-14(10-23)16(12-24)13-6-2-1-3-7-13;/h1-3,6-7,14-17H,4-5,8-12,23H2;1H/t14-,15?,16+,17?;/m1./s1. The van der Waals surface area contributed by atoms with Crippen molar-refractivity contribution in [1.29, 1.82) is 0 Å². The van der Waals surface area contributed by atoms with E-state index in [9.17, 15) is 18.0 Å². The Hall–Kier alpha value is -1.27. The summed E-state index contributed by atoms with van der Waals surface area (Å²) in [6.07, 6.45) is -2.66. The van der Waals surface area contributed by atoms with E-state index in [0.29, 0.717) is 38.9 Å². The molecule has 1 aromatic carbocycles. The van der Waals surface area contributed by atoms with Gasteiger partial charge in [-0.1, -0.05) is 43.2 Å². The molecule has 2 N–H and O–H groups in total. The molecule has 2 aliphatic rings. The summed E-state index contributed by atoms with van der Waals surface area (Å²) in [5.74, 6) is -2.57. The van der Waals surface area contributed by atoms with Crippen LogP contribution in [0.5, 0.6) is 0 Å². The Bertz CT molecular complexity index is 596. The Kier molecular flexibility index (Phi) is 6.97. The number of hydrogen-bond acceptors (Lipinski definition) is 2. The molecule has 2 fully saturated rings. The number of likely N-dealkylation sites (tertiary alicyclic amines) is 1. The van der Waals surface area contributed by atoms with Crippen molar-refractivity contribution < 1.29 is 18.0 Å². The second-order valence-corrected chi connectivity index (χ2v) is 7.30. The Labute approximate surface area is 158 Å². The van der Waals surface area contributed by atoms with Crippen molar-refractivity contribution in [2.24, 2.45) is 23.5 Å². The number of halogens is 4. The van der Waals surface area contributed by atoms with Crippen LogP contribution in [0.2, 0.25) is 0 Å². The Morgan fingerprint density at radius 3 is 2.38 bits per heavy atom. The highest BCUT2D eigenvalue weighted by atomic mass is 35.5. The summed E-state index contributed by atoms with van der Waals surface area (Å²) in [6.45, 7) is 1.35. The van der Waals surface area contributed by atoms with E-state index in [-0.39, 0.29) is 36.6 Å². The Morgan fingerprint density at radius 2 is 1.77 bits per heavy atom. The summed E-state index contributed by atoms with van der Waals surface area (Å²) in [4.78, 5) is 14.5. The molecule has 1 saturated carbocycles. The quantitative estimate of drug-likeness (QED) is 0.848. The molecule has 1 heterocycles. The van der Waals surface area contributed by atoms with E-state index < -0.39 is 18.0 Å². The van der Waals surface area contributed by atoms with Crippen LogP contribution in [-0.4, -0.2) is 36.6 Å². The van der Waals surface area contributed by atoms with Crippen LogP contribution in [-0.2, 0) is 4.79 Å². The van der Waals surface area contributed by atoms with Crippen molar-refractivity contribution in [3.8, 4) is 0 Å². The topological polar surface area (TPSA) is 46.3 Å². The van der Waals surface area contributed by atoms with E-state index in [1.165, 1.54) is 0 Å². The third-order valence-electron chi connectivity index (χ3n) is 5.79. The maximum atomic E-state index is 13.3. The Morgan fingerprint density at radius 1 is 1.12 bits per heavy atom. The van der Waals surface area contributed by atoms with E-state index in [1.807, 2.05) is 30.3 Å². The lowest BCUT2D eigenvalue weighted by atomic mass is 9.78. The van der Waals surface area contributed by atoms with Gasteiger partial charge in [0.05, 0.1) is 5.92 Å². The molecular formula is C19H26ClF3N2O. The predicted octanol–water partition coefficient (Wildman–Crippen LogP) is 3.98. The summed E-state index contributed by atoms with van der Waals surface area (Å²) >= 11 is 0. The number of benzene rings is 1. The molecule has 0 radical (unpaired) electrons. The molecule has 0 spiro atoms. The van der Waals surface area contributed by atoms with E-state index in [0.717, 1.165) is 5.56 Å². The highest BCUT2D eigenvalue weighted by Gasteiger charge is 2.50. The van der Waals surface area contributed by atoms with Gasteiger partial charge in [0.25, 0.3) is 0 Å². The van der Waals surface area contributed by atoms with Crippen molar-refractivity contribution >= 4 is 18.3 Å². The molecule has 1 aromatic rings. The minimum atomic E-state index is -4.30. The number of nitrogens with zero attached hydrogens (tertiary/aromatic N) is 1. The van der Waals surface area contributed by atoms with Gasteiger partial charge in [0.1, 0.15) is 0 Å². The van der Waals surface area contributed by atoms with E-state index in [2.05, 4.69) is 0 Å². The van der Waals surface area contributed by atoms with Crippen molar-refractivity contribution in [2.75, 3.05) is 19.6 Å². The van der Waals surface area contributed by atoms with Crippen molar-refractivity contribution in [3.63, 3.8) is 0 Å². The van der Waals surface area contributed by atoms with Crippen LogP contribution in [0.25, 0.3) is 0 Å². The highest BCUT2D eigenvalue weighted by Crippen LogP contribution is 2.43. The fraction of sp³-hybridized carbons (Fsp3) is 0.632. The number of amides is 1. The zero-order chi connectivity index (χ0) is 18.0. The number of hydrogen-bond donors (Lipinski definition) is 1. The third-order valence-corrected chi connectivity index (χ3v) is 5.79. The zero-order valence-corrected chi connectivity index (χ0v) is 15.4. The third kappa shape index (κ3) is 4.34. The fourth-order valence-corrected chi connectivity index (χ4v) is 4.42. The first kappa shape index (κ1) is 21.0. The zero-order valence-electron chi connectivity index (χ0n) is 14.6. The Balaban J connectivity index is 0.00000243. The maximum absolute atomic E-state index is 13.3. The van der Waals surface area contributed by atoms with Gasteiger partial charge in [-0.2, -0.15) is 13.2 Å². The van der Waals surface area contributed by atoms with Gasteiger partial charge in [0.2, 0.25) is 5.91 Å². The summed E-state index contributed by atoms with van der Waals surface area (Å²) in [6, 6.07) is 9.80. The molecule has 3 nitrogen and oxygen atoms in total. The van der Waals surface area contributed by atoms with Crippen LogP contribution in [0.4, 0.5) is 13.2 Å². The summed E-state index contributed by atoms with van der Waals surface area (Å²) in [7, 11) is 0. The van der Waals surface area contributed by atoms with Gasteiger partial charge in [-0.15, -0.1) is 12.4 Å². The largest absolute Gasteiger partial charge is 0.392 e. The molecule has 7 heteroatoms. The van der Waals surface area contributed by atoms with Crippen LogP contribution in [0.1, 0.15) is 37.2 Å². The van der Waals surface area contributed by atoms with Gasteiger partial charge in [0.15, 0.2) is 0 Å². The summed E-state index contributed by atoms with van der Waals surface area (Å²) in [5.41, 5.74) is 6.98. The smallest absolute Gasteiger partial charge is 0.341 e. The lowest BCUT2D eigenvalue weighted by Gasteiger charge is -2.34. The highest BCUT2D eigenvalue weighted by molar-refractivity contribution is 5.85. The van der Waals surface area contributed by atoms with Crippen LogP contribution in [0.15, 0.2) is 30.3 Å². The molecule has 3 rings (SSSR count). The normalized spacial score (nSPS) is 29.3. The molecule has 1 aliphatic heterocycles. The molecule has 4 atom stereocenters. The van der Waals surface area contributed by atoms with Crippen molar-refractivity contribution in [2.45, 2.75) is 37.8 Å². The van der Waals surface area contributed by atoms with Gasteiger partial charge in [-0.3, -0.25) is 4.79 Å². The van der Waals surface area contributed by atoms with Gasteiger partial charge in [-0.25, -0.2) is 0 Å². The lowest BCUT2D eigenvalue weighted by Crippen LogP contribution is -2.44. The minimum absolute atomic E-state index is 0. The summed E-state index contributed by atoms with van der Waals surface area (Å²) in [5, 5.41) is 0. The average Bonchev–Trinajstić information content (AvgIpc) is 3.05. The monoisotopic (exact) mass is 390 g/mol. The first-order chi connectivity index (χ1) is 11.9. The molecular weight excluding hydrogens is 365 g/mol. The molecule has 2 unspecified atom stereocenters. The van der Waals surface area contributed by atoms with Crippen LogP contribution < -0.4 is 5.73 Å². The number of rotatable bonds is 3. The number of nitrogens with two attached hydrogens (primary N) is 1. The number of alkyl halides is 3. The second-order valence-electron chi connectivity index (χ2n) is 7.30. The summed E-state index contributed by atoms with van der Waals surface area (Å²) < 4.78 is 40.0. The minimum Gasteiger partial charge on any atom is -0.341 e. The van der Waals surface area contributed by atoms with Gasteiger partial charge >= 0.3 is 6.18 Å². The average molecular weight is 391 g/mol. The SMILES string of the molecule is Cl.NC[C@@H]1CN(C(=O)C2CCCCC2C(F)(F)F)C[C@H]1c1ccccc1. The van der Waals surface area contributed by atoms with Gasteiger partial charge in [-0.05, 0) is 30.9 Å². The maximum Gasteiger partial charge on any atom is 0.392 e. The van der Waals surface area contributed by atoms with Gasteiger partial charge in [0, 0.05) is 24.9 Å². The first-order valence-corrected chi connectivity index (χ1v) is 9.02. The predicted molar refractivity (Wildman–Crippen MR) is 97.1 cm³/mol. The number of carbonyl (C=O) groups is 1. The van der Waals surface area contributed by atoms with E-state index in [1.54, 1.807) is 4.90 Å². The molecule has 0 aromatic heterocycles. The molecule has 146 valence electrons. The first-order valence-electron chi connectivity index (χ1n) is 9.02. The van der Waals surface area contributed by atoms with Gasteiger partial charge < -0.3 is 10.6 Å². The second kappa shape index (κ2) is 8.61. The molecule has 26 heavy (non-hydrogen) atoms. The lowest BCUT2D eigenvalue weighted by molar-refractivity contribution is -0.200. The van der Waals surface area contributed by atoms with Crippen molar-refractivity contribution in [1.82, 2.24) is 4.90 Å². The van der Waals surface area contributed by atoms with E-state index in [4.69, 9.17) is 5.73 Å². The molecule has 0 bridgehead atoms. The number of carbonyl (C=O) groups excluding carboxylic acids is 1. The van der Waals surface area contributed by atoms with Crippen LogP contribution >= 0.6 is 12.4 Å². The molecule has 1 aliphatic carbocycles. The van der Waals surface area contributed by atoms with Crippen LogP contribution in [0.3, 0.4) is 0 Å². The van der Waals surface area contributed by atoms with Crippen LogP contribution in [0, 0.1) is 17.8 Å². The van der Waals surface area contributed by atoms with E-state index >= 15 is 0 Å². The molecule has 1 saturated heterocycles. The fourth-order valence-electron chi connectivity index (χ4n) is 4.42.